The molecule has 0 fully saturated rings. The Labute approximate surface area is 97.7 Å². The van der Waals surface area contributed by atoms with Crippen molar-refractivity contribution >= 4 is 5.69 Å². The van der Waals surface area contributed by atoms with Gasteiger partial charge < -0.3 is 10.2 Å². The van der Waals surface area contributed by atoms with Crippen LogP contribution in [0.4, 0.5) is 5.69 Å². The van der Waals surface area contributed by atoms with E-state index < -0.39 is 0 Å². The lowest BCUT2D eigenvalue weighted by atomic mass is 10.2. The van der Waals surface area contributed by atoms with Gasteiger partial charge in [-0.2, -0.15) is 5.26 Å². The number of aryl methyl sites for hydroxylation is 1. The predicted molar refractivity (Wildman–Crippen MR) is 67.5 cm³/mol. The van der Waals surface area contributed by atoms with E-state index in [9.17, 15) is 0 Å². The van der Waals surface area contributed by atoms with Gasteiger partial charge in [-0.3, -0.25) is 0 Å². The number of nitriles is 1. The summed E-state index contributed by atoms with van der Waals surface area (Å²) in [6.45, 7) is 5.81. The third-order valence-corrected chi connectivity index (χ3v) is 2.66. The van der Waals surface area contributed by atoms with Gasteiger partial charge in [0.1, 0.15) is 6.04 Å². The number of rotatable bonds is 5. The number of benzene rings is 1. The lowest BCUT2D eigenvalue weighted by Crippen LogP contribution is -2.38. The van der Waals surface area contributed by atoms with Gasteiger partial charge in [0.15, 0.2) is 0 Å². The number of hydrogen-bond acceptors (Lipinski definition) is 3. The number of hydrogen-bond donors (Lipinski definition) is 1. The monoisotopic (exact) mass is 217 g/mol. The Balaban J connectivity index is 2.79. The Morgan fingerprint density at radius 2 is 2.25 bits per heavy atom. The van der Waals surface area contributed by atoms with Crippen LogP contribution < -0.4 is 10.2 Å². The molecule has 16 heavy (non-hydrogen) atoms. The maximum absolute atomic E-state index is 8.93. The number of likely N-dealkylation sites (N-methyl/N-ethyl adjacent to an activating group) is 2. The van der Waals surface area contributed by atoms with Gasteiger partial charge in [-0.25, -0.2) is 0 Å². The molecule has 3 nitrogen and oxygen atoms in total. The van der Waals surface area contributed by atoms with Crippen molar-refractivity contribution < 1.29 is 0 Å². The van der Waals surface area contributed by atoms with Crippen LogP contribution in [0.25, 0.3) is 0 Å². The number of nitrogens with zero attached hydrogens (tertiary/aromatic N) is 2. The molecular formula is C13H19N3. The van der Waals surface area contributed by atoms with Gasteiger partial charge in [0.2, 0.25) is 0 Å². The normalized spacial score (nSPS) is 11.9. The maximum Gasteiger partial charge on any atom is 0.113 e. The van der Waals surface area contributed by atoms with Crippen molar-refractivity contribution in [3.8, 4) is 6.07 Å². The van der Waals surface area contributed by atoms with Crippen molar-refractivity contribution in [2.24, 2.45) is 0 Å². The Hall–Kier alpha value is -1.53. The Morgan fingerprint density at radius 3 is 2.75 bits per heavy atom. The van der Waals surface area contributed by atoms with Gasteiger partial charge in [0.05, 0.1) is 6.07 Å². The molecule has 0 spiro atoms. The molecule has 86 valence electrons. The highest BCUT2D eigenvalue weighted by molar-refractivity contribution is 5.48. The number of anilines is 1. The molecule has 1 rings (SSSR count). The van der Waals surface area contributed by atoms with Crippen LogP contribution in [-0.4, -0.2) is 26.2 Å². The SMILES string of the molecule is CCN(CC(C#N)NC)c1cccc(C)c1. The standard InChI is InChI=1S/C13H19N3/c1-4-16(10-12(9-14)15-3)13-7-5-6-11(2)8-13/h5-8,12,15H,4,10H2,1-3H3. The van der Waals surface area contributed by atoms with E-state index in [1.165, 1.54) is 11.3 Å². The average molecular weight is 217 g/mol. The van der Waals surface area contributed by atoms with Crippen LogP contribution in [0.15, 0.2) is 24.3 Å². The lowest BCUT2D eigenvalue weighted by Gasteiger charge is -2.25. The fraction of sp³-hybridized carbons (Fsp3) is 0.462. The Kier molecular flexibility index (Phi) is 4.81. The fourth-order valence-corrected chi connectivity index (χ4v) is 1.66. The molecule has 1 N–H and O–H groups in total. The van der Waals surface area contributed by atoms with Gasteiger partial charge in [0, 0.05) is 18.8 Å². The summed E-state index contributed by atoms with van der Waals surface area (Å²) in [6, 6.07) is 10.5. The van der Waals surface area contributed by atoms with Crippen LogP contribution in [0.3, 0.4) is 0 Å². The minimum absolute atomic E-state index is 0.125. The highest BCUT2D eigenvalue weighted by Crippen LogP contribution is 2.15. The maximum atomic E-state index is 8.93. The Bertz CT molecular complexity index is 368. The first kappa shape index (κ1) is 12.5. The zero-order valence-electron chi connectivity index (χ0n) is 10.2. The van der Waals surface area contributed by atoms with Gasteiger partial charge >= 0.3 is 0 Å². The second-order valence-corrected chi connectivity index (χ2v) is 3.85. The summed E-state index contributed by atoms with van der Waals surface area (Å²) in [6.07, 6.45) is 0. The van der Waals surface area contributed by atoms with Crippen LogP contribution >= 0.6 is 0 Å². The van der Waals surface area contributed by atoms with Gasteiger partial charge in [-0.1, -0.05) is 12.1 Å². The van der Waals surface area contributed by atoms with Gasteiger partial charge in [-0.15, -0.1) is 0 Å². The summed E-state index contributed by atoms with van der Waals surface area (Å²) in [7, 11) is 1.82. The quantitative estimate of drug-likeness (QED) is 0.819. The highest BCUT2D eigenvalue weighted by atomic mass is 15.1. The van der Waals surface area contributed by atoms with Crippen LogP contribution in [-0.2, 0) is 0 Å². The first-order valence-corrected chi connectivity index (χ1v) is 5.59. The molecule has 1 atom stereocenters. The predicted octanol–water partition coefficient (Wildman–Crippen LogP) is 1.93. The fourth-order valence-electron chi connectivity index (χ4n) is 1.66. The Morgan fingerprint density at radius 1 is 1.50 bits per heavy atom. The van der Waals surface area contributed by atoms with E-state index in [1.54, 1.807) is 0 Å². The average Bonchev–Trinajstić information content (AvgIpc) is 2.31. The van der Waals surface area contributed by atoms with Crippen molar-refractivity contribution in [3.63, 3.8) is 0 Å². The molecule has 0 aromatic heterocycles. The third kappa shape index (κ3) is 3.25. The molecule has 0 bridgehead atoms. The minimum atomic E-state index is -0.125. The molecule has 0 saturated carbocycles. The van der Waals surface area contributed by atoms with E-state index in [0.717, 1.165) is 6.54 Å². The first-order chi connectivity index (χ1) is 7.71. The van der Waals surface area contributed by atoms with E-state index in [4.69, 9.17) is 5.26 Å². The van der Waals surface area contributed by atoms with E-state index in [0.29, 0.717) is 6.54 Å². The van der Waals surface area contributed by atoms with Crippen LogP contribution in [0.1, 0.15) is 12.5 Å². The second kappa shape index (κ2) is 6.14. The third-order valence-electron chi connectivity index (χ3n) is 2.66. The summed E-state index contributed by atoms with van der Waals surface area (Å²) < 4.78 is 0. The van der Waals surface area contributed by atoms with E-state index in [1.807, 2.05) is 13.1 Å². The van der Waals surface area contributed by atoms with E-state index in [2.05, 4.69) is 48.3 Å². The molecule has 0 aliphatic rings. The molecule has 1 aromatic carbocycles. The molecular weight excluding hydrogens is 198 g/mol. The van der Waals surface area contributed by atoms with E-state index >= 15 is 0 Å². The molecule has 1 aromatic rings. The minimum Gasteiger partial charge on any atom is -0.369 e. The number of nitrogens with one attached hydrogen (secondary N) is 1. The molecule has 0 radical (unpaired) electrons. The van der Waals surface area contributed by atoms with Crippen molar-refractivity contribution in [3.05, 3.63) is 29.8 Å². The summed E-state index contributed by atoms with van der Waals surface area (Å²) in [4.78, 5) is 2.21. The van der Waals surface area contributed by atoms with Crippen molar-refractivity contribution in [1.82, 2.24) is 5.32 Å². The molecule has 0 aliphatic carbocycles. The van der Waals surface area contributed by atoms with E-state index in [-0.39, 0.29) is 6.04 Å². The summed E-state index contributed by atoms with van der Waals surface area (Å²) >= 11 is 0. The molecule has 3 heteroatoms. The smallest absolute Gasteiger partial charge is 0.113 e. The largest absolute Gasteiger partial charge is 0.369 e. The topological polar surface area (TPSA) is 39.1 Å². The summed E-state index contributed by atoms with van der Waals surface area (Å²) in [5, 5.41) is 11.9. The molecule has 0 amide bonds. The molecule has 0 saturated heterocycles. The summed E-state index contributed by atoms with van der Waals surface area (Å²) in [5.41, 5.74) is 2.42. The zero-order valence-corrected chi connectivity index (χ0v) is 10.2. The van der Waals surface area contributed by atoms with Crippen LogP contribution in [0, 0.1) is 18.3 Å². The molecule has 0 aliphatic heterocycles. The van der Waals surface area contributed by atoms with Crippen molar-refractivity contribution in [2.45, 2.75) is 19.9 Å². The lowest BCUT2D eigenvalue weighted by molar-refractivity contribution is 0.648. The molecule has 1 unspecified atom stereocenters. The second-order valence-electron chi connectivity index (χ2n) is 3.85. The molecule has 0 heterocycles. The zero-order chi connectivity index (χ0) is 12.0. The summed E-state index contributed by atoms with van der Waals surface area (Å²) in [5.74, 6) is 0. The van der Waals surface area contributed by atoms with Crippen molar-refractivity contribution in [1.29, 1.82) is 5.26 Å². The highest BCUT2D eigenvalue weighted by Gasteiger charge is 2.10. The van der Waals surface area contributed by atoms with Crippen LogP contribution in [0.5, 0.6) is 0 Å². The van der Waals surface area contributed by atoms with Crippen molar-refractivity contribution in [2.75, 3.05) is 25.0 Å². The van der Waals surface area contributed by atoms with Gasteiger partial charge in [0.25, 0.3) is 0 Å². The van der Waals surface area contributed by atoms with Gasteiger partial charge in [-0.05, 0) is 38.6 Å². The van der Waals surface area contributed by atoms with Crippen LogP contribution in [0.2, 0.25) is 0 Å². The first-order valence-electron chi connectivity index (χ1n) is 5.59.